The van der Waals surface area contributed by atoms with Crippen LogP contribution >= 0.6 is 0 Å². The molecular formula is C18H29NO4. The molecule has 0 saturated carbocycles. The molecule has 0 fully saturated rings. The van der Waals surface area contributed by atoms with Gasteiger partial charge in [0.1, 0.15) is 6.04 Å². The molecule has 0 aromatic heterocycles. The summed E-state index contributed by atoms with van der Waals surface area (Å²) in [5.74, 6) is 0.949. The van der Waals surface area contributed by atoms with Crippen molar-refractivity contribution >= 4 is 5.97 Å². The van der Waals surface area contributed by atoms with E-state index in [1.54, 1.807) is 0 Å². The first-order valence-electron chi connectivity index (χ1n) is 8.32. The van der Waals surface area contributed by atoms with Crippen LogP contribution in [0.5, 0.6) is 11.5 Å². The van der Waals surface area contributed by atoms with Crippen molar-refractivity contribution in [2.24, 2.45) is 5.92 Å². The zero-order valence-electron chi connectivity index (χ0n) is 14.6. The molecule has 0 bridgehead atoms. The van der Waals surface area contributed by atoms with Gasteiger partial charge in [0.2, 0.25) is 0 Å². The van der Waals surface area contributed by atoms with Crippen molar-refractivity contribution in [3.05, 3.63) is 23.8 Å². The summed E-state index contributed by atoms with van der Waals surface area (Å²) in [6.45, 7) is 9.71. The van der Waals surface area contributed by atoms with Crippen LogP contribution in [0.2, 0.25) is 0 Å². The highest BCUT2D eigenvalue weighted by Crippen LogP contribution is 2.28. The summed E-state index contributed by atoms with van der Waals surface area (Å²) < 4.78 is 11.3. The fourth-order valence-electron chi connectivity index (χ4n) is 2.25. The van der Waals surface area contributed by atoms with Gasteiger partial charge in [0.15, 0.2) is 11.5 Å². The van der Waals surface area contributed by atoms with Crippen LogP contribution in [0.3, 0.4) is 0 Å². The molecule has 1 rings (SSSR count). The Labute approximate surface area is 139 Å². The third-order valence-electron chi connectivity index (χ3n) is 3.33. The van der Waals surface area contributed by atoms with Crippen molar-refractivity contribution in [1.29, 1.82) is 0 Å². The second-order valence-corrected chi connectivity index (χ2v) is 5.96. The maximum absolute atomic E-state index is 11.3. The monoisotopic (exact) mass is 323 g/mol. The molecule has 5 nitrogen and oxygen atoms in total. The number of rotatable bonds is 11. The molecule has 0 radical (unpaired) electrons. The zero-order chi connectivity index (χ0) is 17.2. The van der Waals surface area contributed by atoms with Gasteiger partial charge in [0, 0.05) is 6.54 Å². The van der Waals surface area contributed by atoms with Gasteiger partial charge in [-0.3, -0.25) is 4.79 Å². The molecule has 130 valence electrons. The third kappa shape index (κ3) is 6.91. The number of carboxylic acid groups (broad SMARTS) is 1. The number of hydrogen-bond acceptors (Lipinski definition) is 4. The Balaban J connectivity index is 2.75. The standard InChI is InChI=1S/C18H29NO4/c1-5-9-23-16-8-7-14(11-17(16)22-6-2)12-19-15(18(20)21)10-13(3)4/h7-8,11,13,15,19H,5-6,9-10,12H2,1-4H3,(H,20,21). The van der Waals surface area contributed by atoms with E-state index in [4.69, 9.17) is 9.47 Å². The zero-order valence-corrected chi connectivity index (χ0v) is 14.6. The van der Waals surface area contributed by atoms with Gasteiger partial charge < -0.3 is 19.9 Å². The fourth-order valence-corrected chi connectivity index (χ4v) is 2.25. The van der Waals surface area contributed by atoms with Gasteiger partial charge in [-0.15, -0.1) is 0 Å². The van der Waals surface area contributed by atoms with Gasteiger partial charge in [-0.05, 0) is 43.4 Å². The summed E-state index contributed by atoms with van der Waals surface area (Å²) >= 11 is 0. The molecule has 0 saturated heterocycles. The Morgan fingerprint density at radius 2 is 1.96 bits per heavy atom. The quantitative estimate of drug-likeness (QED) is 0.653. The topological polar surface area (TPSA) is 67.8 Å². The summed E-state index contributed by atoms with van der Waals surface area (Å²) in [4.78, 5) is 11.3. The Morgan fingerprint density at radius 1 is 1.22 bits per heavy atom. The Bertz CT molecular complexity index is 488. The molecule has 0 aliphatic rings. The van der Waals surface area contributed by atoms with Crippen molar-refractivity contribution in [2.75, 3.05) is 13.2 Å². The first kappa shape index (κ1) is 19.3. The van der Waals surface area contributed by atoms with Crippen molar-refractivity contribution in [3.63, 3.8) is 0 Å². The third-order valence-corrected chi connectivity index (χ3v) is 3.33. The van der Waals surface area contributed by atoms with E-state index >= 15 is 0 Å². The summed E-state index contributed by atoms with van der Waals surface area (Å²) in [7, 11) is 0. The number of hydrogen-bond donors (Lipinski definition) is 2. The molecule has 23 heavy (non-hydrogen) atoms. The molecular weight excluding hydrogens is 294 g/mol. The molecule has 1 aromatic carbocycles. The molecule has 0 aliphatic carbocycles. The van der Waals surface area contributed by atoms with Gasteiger partial charge in [-0.1, -0.05) is 26.8 Å². The average molecular weight is 323 g/mol. The van der Waals surface area contributed by atoms with E-state index in [0.29, 0.717) is 37.8 Å². The van der Waals surface area contributed by atoms with Crippen molar-refractivity contribution in [2.45, 2.75) is 53.1 Å². The molecule has 1 unspecified atom stereocenters. The second-order valence-electron chi connectivity index (χ2n) is 5.96. The molecule has 0 amide bonds. The molecule has 0 aliphatic heterocycles. The second kappa shape index (κ2) is 10.1. The number of ether oxygens (including phenoxy) is 2. The molecule has 0 spiro atoms. The van der Waals surface area contributed by atoms with E-state index in [1.165, 1.54) is 0 Å². The lowest BCUT2D eigenvalue weighted by Crippen LogP contribution is -2.37. The number of aliphatic carboxylic acids is 1. The van der Waals surface area contributed by atoms with Gasteiger partial charge in [-0.25, -0.2) is 0 Å². The Morgan fingerprint density at radius 3 is 2.52 bits per heavy atom. The van der Waals surface area contributed by atoms with Crippen molar-refractivity contribution in [3.8, 4) is 11.5 Å². The maximum atomic E-state index is 11.3. The van der Waals surface area contributed by atoms with E-state index in [0.717, 1.165) is 17.7 Å². The normalized spacial score (nSPS) is 12.2. The van der Waals surface area contributed by atoms with Crippen molar-refractivity contribution < 1.29 is 19.4 Å². The molecule has 2 N–H and O–H groups in total. The molecule has 1 atom stereocenters. The minimum atomic E-state index is -0.813. The van der Waals surface area contributed by atoms with Crippen LogP contribution in [0.4, 0.5) is 0 Å². The van der Waals surface area contributed by atoms with Crippen LogP contribution in [-0.2, 0) is 11.3 Å². The summed E-state index contributed by atoms with van der Waals surface area (Å²) in [5.41, 5.74) is 0.979. The summed E-state index contributed by atoms with van der Waals surface area (Å²) in [6, 6.07) is 5.20. The SMILES string of the molecule is CCCOc1ccc(CNC(CC(C)C)C(=O)O)cc1OCC. The lowest BCUT2D eigenvalue weighted by molar-refractivity contribution is -0.140. The van der Waals surface area contributed by atoms with E-state index < -0.39 is 12.0 Å². The maximum Gasteiger partial charge on any atom is 0.320 e. The van der Waals surface area contributed by atoms with Crippen molar-refractivity contribution in [1.82, 2.24) is 5.32 Å². The Hall–Kier alpha value is -1.75. The van der Waals surface area contributed by atoms with Crippen LogP contribution in [0, 0.1) is 5.92 Å². The predicted octanol–water partition coefficient (Wildman–Crippen LogP) is 3.46. The van der Waals surface area contributed by atoms with E-state index in [9.17, 15) is 9.90 Å². The highest BCUT2D eigenvalue weighted by atomic mass is 16.5. The molecule has 0 heterocycles. The van der Waals surface area contributed by atoms with Crippen LogP contribution in [-0.4, -0.2) is 30.3 Å². The first-order chi connectivity index (χ1) is 11.0. The van der Waals surface area contributed by atoms with Gasteiger partial charge >= 0.3 is 5.97 Å². The van der Waals surface area contributed by atoms with E-state index in [2.05, 4.69) is 12.2 Å². The van der Waals surface area contributed by atoms with Gasteiger partial charge in [0.05, 0.1) is 13.2 Å². The average Bonchev–Trinajstić information content (AvgIpc) is 2.50. The van der Waals surface area contributed by atoms with E-state index in [1.807, 2.05) is 39.0 Å². The number of carboxylic acids is 1. The fraction of sp³-hybridized carbons (Fsp3) is 0.611. The van der Waals surface area contributed by atoms with Crippen LogP contribution in [0.1, 0.15) is 46.1 Å². The van der Waals surface area contributed by atoms with E-state index in [-0.39, 0.29) is 0 Å². The highest BCUT2D eigenvalue weighted by Gasteiger charge is 2.18. The smallest absolute Gasteiger partial charge is 0.320 e. The number of benzene rings is 1. The first-order valence-corrected chi connectivity index (χ1v) is 8.32. The summed E-state index contributed by atoms with van der Waals surface area (Å²) in [6.07, 6.45) is 1.54. The van der Waals surface area contributed by atoms with Crippen LogP contribution < -0.4 is 14.8 Å². The number of carbonyl (C=O) groups is 1. The lowest BCUT2D eigenvalue weighted by Gasteiger charge is -2.17. The Kier molecular flexibility index (Phi) is 8.48. The predicted molar refractivity (Wildman–Crippen MR) is 91.1 cm³/mol. The molecule has 5 heteroatoms. The molecule has 1 aromatic rings. The summed E-state index contributed by atoms with van der Waals surface area (Å²) in [5, 5.41) is 12.4. The van der Waals surface area contributed by atoms with Crippen LogP contribution in [0.25, 0.3) is 0 Å². The minimum Gasteiger partial charge on any atom is -0.490 e. The lowest BCUT2D eigenvalue weighted by atomic mass is 10.0. The highest BCUT2D eigenvalue weighted by molar-refractivity contribution is 5.73. The van der Waals surface area contributed by atoms with Crippen LogP contribution in [0.15, 0.2) is 18.2 Å². The van der Waals surface area contributed by atoms with Gasteiger partial charge in [-0.2, -0.15) is 0 Å². The number of nitrogens with one attached hydrogen (secondary N) is 1. The minimum absolute atomic E-state index is 0.326. The largest absolute Gasteiger partial charge is 0.490 e. The van der Waals surface area contributed by atoms with Gasteiger partial charge in [0.25, 0.3) is 0 Å².